The summed E-state index contributed by atoms with van der Waals surface area (Å²) >= 11 is 5.84. The molecule has 1 amide bonds. The topological polar surface area (TPSA) is 29.1 Å². The van der Waals surface area contributed by atoms with Gasteiger partial charge in [0.2, 0.25) is 0 Å². The molecule has 0 fully saturated rings. The van der Waals surface area contributed by atoms with Crippen molar-refractivity contribution in [1.29, 1.82) is 0 Å². The van der Waals surface area contributed by atoms with Gasteiger partial charge in [0.25, 0.3) is 5.91 Å². The molecule has 0 aromatic heterocycles. The van der Waals surface area contributed by atoms with Crippen molar-refractivity contribution in [1.82, 2.24) is 5.32 Å². The Morgan fingerprint density at radius 3 is 2.67 bits per heavy atom. The number of carbonyl (C=O) groups excluding carboxylic acids is 1. The summed E-state index contributed by atoms with van der Waals surface area (Å²) in [6.45, 7) is 2.78. The van der Waals surface area contributed by atoms with E-state index in [2.05, 4.69) is 43.8 Å². The highest BCUT2D eigenvalue weighted by atomic mass is 127. The fourth-order valence-electron chi connectivity index (χ4n) is 1.61. The van der Waals surface area contributed by atoms with Crippen molar-refractivity contribution in [3.05, 3.63) is 33.8 Å². The summed E-state index contributed by atoms with van der Waals surface area (Å²) in [5.74, 6) is 0.0181. The number of alkyl halides is 1. The zero-order valence-corrected chi connectivity index (χ0v) is 14.4. The Balaban J connectivity index is 2.30. The van der Waals surface area contributed by atoms with Crippen LogP contribution in [0.15, 0.2) is 22.7 Å². The first-order chi connectivity index (χ1) is 8.65. The van der Waals surface area contributed by atoms with Gasteiger partial charge in [-0.05, 0) is 41.9 Å². The quantitative estimate of drug-likeness (QED) is 0.391. The smallest absolute Gasteiger partial charge is 0.251 e. The zero-order valence-electron chi connectivity index (χ0n) is 10.6. The van der Waals surface area contributed by atoms with Crippen molar-refractivity contribution in [2.45, 2.75) is 32.6 Å². The first-order valence-corrected chi connectivity index (χ1v) is 8.57. The number of nitrogens with one attached hydrogen (secondary N) is 1. The average Bonchev–Trinajstić information content (AvgIpc) is 2.36. The lowest BCUT2D eigenvalue weighted by molar-refractivity contribution is 0.0953. The summed E-state index contributed by atoms with van der Waals surface area (Å²) in [5.41, 5.74) is 1.87. The zero-order chi connectivity index (χ0) is 13.4. The van der Waals surface area contributed by atoms with Crippen LogP contribution in [0.1, 0.15) is 41.6 Å². The summed E-state index contributed by atoms with van der Waals surface area (Å²) in [4.78, 5) is 11.9. The fourth-order valence-corrected chi connectivity index (χ4v) is 2.53. The molecule has 0 aliphatic rings. The number of aryl methyl sites for hydroxylation is 1. The maximum atomic E-state index is 11.9. The van der Waals surface area contributed by atoms with E-state index in [0.717, 1.165) is 28.6 Å². The van der Waals surface area contributed by atoms with Crippen molar-refractivity contribution in [3.63, 3.8) is 0 Å². The van der Waals surface area contributed by atoms with Gasteiger partial charge in [0.1, 0.15) is 0 Å². The predicted octanol–water partition coefficient (Wildman–Crippen LogP) is 4.48. The fraction of sp³-hybridized carbons (Fsp3) is 0.500. The second kappa shape index (κ2) is 8.91. The van der Waals surface area contributed by atoms with Crippen molar-refractivity contribution in [3.8, 4) is 0 Å². The highest BCUT2D eigenvalue weighted by Crippen LogP contribution is 2.17. The van der Waals surface area contributed by atoms with Crippen LogP contribution in [0.2, 0.25) is 0 Å². The molecule has 0 saturated carbocycles. The Labute approximate surface area is 131 Å². The third-order valence-electron chi connectivity index (χ3n) is 2.78. The molecule has 1 aromatic carbocycles. The molecule has 0 atom stereocenters. The second-order valence-corrected chi connectivity index (χ2v) is 6.26. The second-order valence-electron chi connectivity index (χ2n) is 4.32. The molecule has 1 N–H and O–H groups in total. The van der Waals surface area contributed by atoms with Crippen LogP contribution in [-0.2, 0) is 0 Å². The lowest BCUT2D eigenvalue weighted by Crippen LogP contribution is -2.24. The van der Waals surface area contributed by atoms with Crippen LogP contribution in [0, 0.1) is 6.92 Å². The molecule has 2 nitrogen and oxygen atoms in total. The highest BCUT2D eigenvalue weighted by Gasteiger charge is 2.06. The van der Waals surface area contributed by atoms with Crippen molar-refractivity contribution < 1.29 is 4.79 Å². The van der Waals surface area contributed by atoms with Gasteiger partial charge in [0, 0.05) is 16.6 Å². The summed E-state index contributed by atoms with van der Waals surface area (Å²) in [5, 5.41) is 2.96. The van der Waals surface area contributed by atoms with E-state index in [-0.39, 0.29) is 5.91 Å². The average molecular weight is 424 g/mol. The molecule has 0 saturated heterocycles. The molecule has 0 radical (unpaired) electrons. The van der Waals surface area contributed by atoms with Gasteiger partial charge in [-0.15, -0.1) is 0 Å². The largest absolute Gasteiger partial charge is 0.352 e. The number of hydrogen-bond donors (Lipinski definition) is 1. The van der Waals surface area contributed by atoms with E-state index in [1.54, 1.807) is 0 Å². The van der Waals surface area contributed by atoms with Crippen LogP contribution in [0.5, 0.6) is 0 Å². The third kappa shape index (κ3) is 5.69. The molecule has 0 spiro atoms. The van der Waals surface area contributed by atoms with Gasteiger partial charge < -0.3 is 5.32 Å². The number of carbonyl (C=O) groups is 1. The molecule has 0 unspecified atom stereocenters. The lowest BCUT2D eigenvalue weighted by Gasteiger charge is -2.06. The molecule has 0 aliphatic heterocycles. The van der Waals surface area contributed by atoms with Gasteiger partial charge in [-0.1, -0.05) is 57.4 Å². The van der Waals surface area contributed by atoms with Gasteiger partial charge in [-0.2, -0.15) is 0 Å². The van der Waals surface area contributed by atoms with Gasteiger partial charge in [0.15, 0.2) is 0 Å². The van der Waals surface area contributed by atoms with Crippen LogP contribution < -0.4 is 5.32 Å². The van der Waals surface area contributed by atoms with Crippen LogP contribution in [-0.4, -0.2) is 16.9 Å². The van der Waals surface area contributed by atoms with Gasteiger partial charge in [0.05, 0.1) is 0 Å². The number of rotatable bonds is 7. The monoisotopic (exact) mass is 423 g/mol. The number of hydrogen-bond acceptors (Lipinski definition) is 1. The molecule has 18 heavy (non-hydrogen) atoms. The van der Waals surface area contributed by atoms with E-state index in [9.17, 15) is 4.79 Å². The Hall–Kier alpha value is -0.100. The molecular weight excluding hydrogens is 405 g/mol. The highest BCUT2D eigenvalue weighted by molar-refractivity contribution is 14.1. The number of unbranched alkanes of at least 4 members (excludes halogenated alkanes) is 3. The van der Waals surface area contributed by atoms with E-state index in [0.29, 0.717) is 0 Å². The van der Waals surface area contributed by atoms with Crippen LogP contribution in [0.4, 0.5) is 0 Å². The molecule has 0 bridgehead atoms. The van der Waals surface area contributed by atoms with E-state index in [4.69, 9.17) is 0 Å². The molecule has 0 aliphatic carbocycles. The summed E-state index contributed by atoms with van der Waals surface area (Å²) in [6.07, 6.45) is 4.80. The van der Waals surface area contributed by atoms with Crippen LogP contribution in [0.3, 0.4) is 0 Å². The van der Waals surface area contributed by atoms with Crippen molar-refractivity contribution in [2.75, 3.05) is 11.0 Å². The van der Waals surface area contributed by atoms with Crippen molar-refractivity contribution in [2.24, 2.45) is 0 Å². The summed E-state index contributed by atoms with van der Waals surface area (Å²) < 4.78 is 2.21. The Morgan fingerprint density at radius 2 is 2.00 bits per heavy atom. The SMILES string of the molecule is Cc1ccc(C(=O)NCCCCCCI)cc1Br. The molecule has 1 rings (SSSR count). The predicted molar refractivity (Wildman–Crippen MR) is 88.6 cm³/mol. The maximum Gasteiger partial charge on any atom is 0.251 e. The summed E-state index contributed by atoms with van der Waals surface area (Å²) in [7, 11) is 0. The lowest BCUT2D eigenvalue weighted by atomic mass is 10.1. The molecule has 100 valence electrons. The third-order valence-corrected chi connectivity index (χ3v) is 4.40. The minimum Gasteiger partial charge on any atom is -0.352 e. The number of amides is 1. The number of halogens is 2. The normalized spacial score (nSPS) is 10.4. The maximum absolute atomic E-state index is 11.9. The standard InChI is InChI=1S/C14H19BrINO/c1-11-6-7-12(10-13(11)15)14(18)17-9-5-3-2-4-8-16/h6-7,10H,2-5,8-9H2,1H3,(H,17,18). The summed E-state index contributed by atoms with van der Waals surface area (Å²) in [6, 6.07) is 5.70. The van der Waals surface area contributed by atoms with Crippen LogP contribution >= 0.6 is 38.5 Å². The van der Waals surface area contributed by atoms with Gasteiger partial charge in [-0.3, -0.25) is 4.79 Å². The first kappa shape index (κ1) is 16.0. The van der Waals surface area contributed by atoms with E-state index >= 15 is 0 Å². The van der Waals surface area contributed by atoms with Crippen molar-refractivity contribution >= 4 is 44.4 Å². The Kier molecular flexibility index (Phi) is 7.90. The Bertz CT molecular complexity index is 395. The van der Waals surface area contributed by atoms with E-state index < -0.39 is 0 Å². The van der Waals surface area contributed by atoms with Gasteiger partial charge in [-0.25, -0.2) is 0 Å². The van der Waals surface area contributed by atoms with Crippen LogP contribution in [0.25, 0.3) is 0 Å². The molecule has 4 heteroatoms. The van der Waals surface area contributed by atoms with E-state index in [1.807, 2.05) is 25.1 Å². The molecule has 1 aromatic rings. The number of benzene rings is 1. The molecular formula is C14H19BrINO. The minimum absolute atomic E-state index is 0.0181. The van der Waals surface area contributed by atoms with E-state index in [1.165, 1.54) is 23.7 Å². The minimum atomic E-state index is 0.0181. The Morgan fingerprint density at radius 1 is 1.28 bits per heavy atom. The molecule has 0 heterocycles. The van der Waals surface area contributed by atoms with Gasteiger partial charge >= 0.3 is 0 Å². The first-order valence-electron chi connectivity index (χ1n) is 6.25.